The number of aromatic amines is 1. The van der Waals surface area contributed by atoms with Gasteiger partial charge in [-0.15, -0.1) is 11.3 Å². The summed E-state index contributed by atoms with van der Waals surface area (Å²) >= 11 is 1.38. The number of thiazole rings is 1. The smallest absolute Gasteiger partial charge is 0.271 e. The molecule has 16 heavy (non-hydrogen) atoms. The van der Waals surface area contributed by atoms with E-state index in [4.69, 9.17) is 5.73 Å². The summed E-state index contributed by atoms with van der Waals surface area (Å²) < 4.78 is 0. The molecule has 0 aliphatic rings. The zero-order valence-corrected chi connectivity index (χ0v) is 9.25. The van der Waals surface area contributed by atoms with Crippen molar-refractivity contribution in [2.75, 3.05) is 0 Å². The third-order valence-electron chi connectivity index (χ3n) is 1.93. The van der Waals surface area contributed by atoms with Gasteiger partial charge in [-0.1, -0.05) is 0 Å². The summed E-state index contributed by atoms with van der Waals surface area (Å²) in [4.78, 5) is 22.6. The summed E-state index contributed by atoms with van der Waals surface area (Å²) in [6, 6.07) is 0. The van der Waals surface area contributed by atoms with Crippen LogP contribution in [0.1, 0.15) is 21.3 Å². The van der Waals surface area contributed by atoms with Crippen LogP contribution in [0.15, 0.2) is 17.8 Å². The van der Waals surface area contributed by atoms with Gasteiger partial charge in [0.1, 0.15) is 16.5 Å². The van der Waals surface area contributed by atoms with Crippen LogP contribution in [0.4, 0.5) is 0 Å². The van der Waals surface area contributed by atoms with Crippen LogP contribution in [0.25, 0.3) is 0 Å². The van der Waals surface area contributed by atoms with Crippen LogP contribution < -0.4 is 11.1 Å². The lowest BCUT2D eigenvalue weighted by molar-refractivity contribution is 0.0945. The van der Waals surface area contributed by atoms with E-state index < -0.39 is 0 Å². The molecule has 2 aromatic rings. The van der Waals surface area contributed by atoms with Crippen LogP contribution in [-0.2, 0) is 13.1 Å². The van der Waals surface area contributed by atoms with Crippen molar-refractivity contribution >= 4 is 17.2 Å². The van der Waals surface area contributed by atoms with Gasteiger partial charge in [-0.3, -0.25) is 4.79 Å². The monoisotopic (exact) mass is 237 g/mol. The number of carbonyl (C=O) groups is 1. The second-order valence-corrected chi connectivity index (χ2v) is 3.99. The highest BCUT2D eigenvalue weighted by atomic mass is 32.1. The van der Waals surface area contributed by atoms with Gasteiger partial charge in [-0.05, 0) is 0 Å². The van der Waals surface area contributed by atoms with Gasteiger partial charge in [0.2, 0.25) is 0 Å². The molecular weight excluding hydrogens is 226 g/mol. The Hall–Kier alpha value is -1.73. The summed E-state index contributed by atoms with van der Waals surface area (Å²) in [5, 5.41) is 5.16. The number of amides is 1. The Morgan fingerprint density at radius 1 is 1.62 bits per heavy atom. The average Bonchev–Trinajstić information content (AvgIpc) is 2.96. The van der Waals surface area contributed by atoms with Gasteiger partial charge in [0.25, 0.3) is 5.91 Å². The fourth-order valence-corrected chi connectivity index (χ4v) is 1.81. The first-order valence-electron chi connectivity index (χ1n) is 4.70. The molecule has 0 atom stereocenters. The molecule has 4 N–H and O–H groups in total. The lowest BCUT2D eigenvalue weighted by atomic mass is 10.4. The molecule has 0 aliphatic carbocycles. The standard InChI is InChI=1S/C9H11N5OS/c10-3-8-14-6(5-16-8)9(15)13-4-7-11-1-2-12-7/h1-2,5H,3-4,10H2,(H,11,12)(H,13,15). The number of imidazole rings is 1. The topological polar surface area (TPSA) is 96.7 Å². The second kappa shape index (κ2) is 4.86. The lowest BCUT2D eigenvalue weighted by Crippen LogP contribution is -2.23. The van der Waals surface area contributed by atoms with Gasteiger partial charge >= 0.3 is 0 Å². The fraction of sp³-hybridized carbons (Fsp3) is 0.222. The first-order chi connectivity index (χ1) is 7.79. The minimum absolute atomic E-state index is 0.215. The van der Waals surface area contributed by atoms with Crippen molar-refractivity contribution in [3.8, 4) is 0 Å². The molecule has 84 valence electrons. The molecule has 0 bridgehead atoms. The molecule has 0 spiro atoms. The molecule has 1 amide bonds. The van der Waals surface area contributed by atoms with E-state index in [0.717, 1.165) is 5.01 Å². The Balaban J connectivity index is 1.93. The van der Waals surface area contributed by atoms with Crippen molar-refractivity contribution in [1.29, 1.82) is 0 Å². The van der Waals surface area contributed by atoms with Crippen LogP contribution in [0.2, 0.25) is 0 Å². The zero-order valence-electron chi connectivity index (χ0n) is 8.43. The largest absolute Gasteiger partial charge is 0.347 e. The Morgan fingerprint density at radius 2 is 2.50 bits per heavy atom. The van der Waals surface area contributed by atoms with E-state index >= 15 is 0 Å². The van der Waals surface area contributed by atoms with E-state index in [1.165, 1.54) is 11.3 Å². The van der Waals surface area contributed by atoms with Crippen molar-refractivity contribution in [2.45, 2.75) is 13.1 Å². The molecule has 0 unspecified atom stereocenters. The summed E-state index contributed by atoms with van der Waals surface area (Å²) in [6.45, 7) is 0.720. The van der Waals surface area contributed by atoms with Crippen LogP contribution in [-0.4, -0.2) is 20.9 Å². The van der Waals surface area contributed by atoms with E-state index in [-0.39, 0.29) is 5.91 Å². The third-order valence-corrected chi connectivity index (χ3v) is 2.80. The molecule has 0 saturated heterocycles. The summed E-state index contributed by atoms with van der Waals surface area (Å²) in [5.74, 6) is 0.495. The Bertz CT molecular complexity index is 464. The first kappa shape index (κ1) is 10.8. The van der Waals surface area contributed by atoms with E-state index in [2.05, 4.69) is 20.3 Å². The summed E-state index contributed by atoms with van der Waals surface area (Å²) in [6.07, 6.45) is 3.34. The molecule has 0 radical (unpaired) electrons. The number of carbonyl (C=O) groups excluding carboxylic acids is 1. The maximum atomic E-state index is 11.6. The number of rotatable bonds is 4. The molecule has 2 rings (SSSR count). The number of hydrogen-bond donors (Lipinski definition) is 3. The molecule has 0 aromatic carbocycles. The molecule has 2 heterocycles. The Labute approximate surface area is 95.9 Å². The van der Waals surface area contributed by atoms with Gasteiger partial charge in [-0.2, -0.15) is 0 Å². The average molecular weight is 237 g/mol. The highest BCUT2D eigenvalue weighted by Crippen LogP contribution is 2.08. The zero-order chi connectivity index (χ0) is 11.4. The van der Waals surface area contributed by atoms with Crippen molar-refractivity contribution in [3.05, 3.63) is 34.3 Å². The predicted octanol–water partition coefficient (Wildman–Crippen LogP) is 0.255. The van der Waals surface area contributed by atoms with E-state index in [9.17, 15) is 4.79 Å². The molecule has 2 aromatic heterocycles. The van der Waals surface area contributed by atoms with Crippen LogP contribution in [0.5, 0.6) is 0 Å². The van der Waals surface area contributed by atoms with Crippen LogP contribution >= 0.6 is 11.3 Å². The third kappa shape index (κ3) is 2.44. The lowest BCUT2D eigenvalue weighted by Gasteiger charge is -1.99. The second-order valence-electron chi connectivity index (χ2n) is 3.05. The van der Waals surface area contributed by atoms with Crippen molar-refractivity contribution in [1.82, 2.24) is 20.3 Å². The van der Waals surface area contributed by atoms with Gasteiger partial charge in [0.05, 0.1) is 6.54 Å². The maximum absolute atomic E-state index is 11.6. The molecule has 0 fully saturated rings. The SMILES string of the molecule is NCc1nc(C(=O)NCc2ncc[nH]2)cs1. The Morgan fingerprint density at radius 3 is 3.12 bits per heavy atom. The highest BCUT2D eigenvalue weighted by molar-refractivity contribution is 7.09. The van der Waals surface area contributed by atoms with E-state index in [1.54, 1.807) is 17.8 Å². The van der Waals surface area contributed by atoms with Crippen molar-refractivity contribution < 1.29 is 4.79 Å². The number of aromatic nitrogens is 3. The van der Waals surface area contributed by atoms with E-state index in [1.807, 2.05) is 0 Å². The van der Waals surface area contributed by atoms with Crippen LogP contribution in [0.3, 0.4) is 0 Å². The number of hydrogen-bond acceptors (Lipinski definition) is 5. The minimum atomic E-state index is -0.215. The van der Waals surface area contributed by atoms with Gasteiger partial charge in [-0.25, -0.2) is 9.97 Å². The summed E-state index contributed by atoms with van der Waals surface area (Å²) in [7, 11) is 0. The van der Waals surface area contributed by atoms with Crippen molar-refractivity contribution in [2.24, 2.45) is 5.73 Å². The number of H-pyrrole nitrogens is 1. The van der Waals surface area contributed by atoms with Gasteiger partial charge < -0.3 is 16.0 Å². The number of nitrogens with one attached hydrogen (secondary N) is 2. The minimum Gasteiger partial charge on any atom is -0.347 e. The molecular formula is C9H11N5OS. The normalized spacial score (nSPS) is 10.3. The fourth-order valence-electron chi connectivity index (χ4n) is 1.16. The Kier molecular flexibility index (Phi) is 3.28. The predicted molar refractivity (Wildman–Crippen MR) is 59.8 cm³/mol. The van der Waals surface area contributed by atoms with Crippen molar-refractivity contribution in [3.63, 3.8) is 0 Å². The summed E-state index contributed by atoms with van der Waals surface area (Å²) in [5.41, 5.74) is 5.82. The molecule has 0 aliphatic heterocycles. The van der Waals surface area contributed by atoms with Gasteiger partial charge in [0.15, 0.2) is 0 Å². The maximum Gasteiger partial charge on any atom is 0.271 e. The van der Waals surface area contributed by atoms with E-state index in [0.29, 0.717) is 24.6 Å². The first-order valence-corrected chi connectivity index (χ1v) is 5.58. The molecule has 6 nitrogen and oxygen atoms in total. The number of nitrogens with zero attached hydrogens (tertiary/aromatic N) is 2. The number of nitrogens with two attached hydrogens (primary N) is 1. The molecule has 7 heteroatoms. The quantitative estimate of drug-likeness (QED) is 0.710. The highest BCUT2D eigenvalue weighted by Gasteiger charge is 2.09. The molecule has 0 saturated carbocycles. The van der Waals surface area contributed by atoms with Crippen LogP contribution in [0, 0.1) is 0 Å². The van der Waals surface area contributed by atoms with Gasteiger partial charge in [0, 0.05) is 24.3 Å².